The molecule has 1 fully saturated rings. The van der Waals surface area contributed by atoms with Crippen LogP contribution < -0.4 is 15.1 Å². The summed E-state index contributed by atoms with van der Waals surface area (Å²) >= 11 is 6.07. The molecule has 2 aliphatic rings. The maximum Gasteiger partial charge on any atom is 0.253 e. The van der Waals surface area contributed by atoms with Gasteiger partial charge >= 0.3 is 0 Å². The number of nitrogens with one attached hydrogen (secondary N) is 2. The zero-order valence-electron chi connectivity index (χ0n) is 21.7. The number of hydrogen-bond donors (Lipinski definition) is 2. The number of aromatic nitrogens is 3. The predicted octanol–water partition coefficient (Wildman–Crippen LogP) is 6.65. The number of rotatable bonds is 5. The fraction of sp³-hybridized carbons (Fsp3) is 0.300. The average Bonchev–Trinajstić information content (AvgIpc) is 3.43. The van der Waals surface area contributed by atoms with Crippen molar-refractivity contribution in [1.29, 1.82) is 0 Å². The second-order valence-corrected chi connectivity index (χ2v) is 10.8. The van der Waals surface area contributed by atoms with E-state index in [1.807, 2.05) is 19.3 Å². The minimum absolute atomic E-state index is 0.0957. The number of H-pyrrole nitrogens is 1. The molecule has 8 heteroatoms. The smallest absolute Gasteiger partial charge is 0.253 e. The molecule has 0 unspecified atom stereocenters. The molecule has 3 aromatic heterocycles. The lowest BCUT2D eigenvalue weighted by atomic mass is 9.85. The molecule has 194 valence electrons. The molecule has 0 saturated heterocycles. The van der Waals surface area contributed by atoms with E-state index < -0.39 is 0 Å². The van der Waals surface area contributed by atoms with Crippen molar-refractivity contribution in [3.05, 3.63) is 89.2 Å². The molecule has 1 aliphatic heterocycles. The van der Waals surface area contributed by atoms with Crippen LogP contribution in [0, 0.1) is 19.8 Å². The highest BCUT2D eigenvalue weighted by Gasteiger charge is 2.34. The standard InChI is InChI=1S/C30H31ClN6O/c1-18-14-33-29-25(18)13-24(16-34-29)37-20(3)36(27-6-4-5-7-28(27)37)17-21-8-10-23(11-9-21)35-30(38)26-12-22(31)15-32-19(26)2/h4-7,12-16,21,23H,3,8-11,17H2,1-2H3,(H,33,34)(H,35,38). The van der Waals surface area contributed by atoms with Crippen LogP contribution in [0.3, 0.4) is 0 Å². The number of nitrogens with zero attached hydrogens (tertiary/aromatic N) is 4. The van der Waals surface area contributed by atoms with E-state index in [4.69, 9.17) is 11.6 Å². The molecule has 0 bridgehead atoms. The predicted molar refractivity (Wildman–Crippen MR) is 153 cm³/mol. The molecule has 38 heavy (non-hydrogen) atoms. The Hall–Kier alpha value is -3.84. The summed E-state index contributed by atoms with van der Waals surface area (Å²) in [6.07, 6.45) is 9.45. The van der Waals surface area contributed by atoms with E-state index in [1.165, 1.54) is 11.3 Å². The van der Waals surface area contributed by atoms with Gasteiger partial charge in [0, 0.05) is 30.4 Å². The number of carbonyl (C=O) groups is 1. The zero-order chi connectivity index (χ0) is 26.4. The molecule has 0 spiro atoms. The van der Waals surface area contributed by atoms with Crippen LogP contribution in [0.5, 0.6) is 0 Å². The van der Waals surface area contributed by atoms with Gasteiger partial charge in [-0.15, -0.1) is 0 Å². The molecule has 6 rings (SSSR count). The lowest BCUT2D eigenvalue weighted by Crippen LogP contribution is -2.40. The third-order valence-electron chi connectivity index (χ3n) is 7.89. The van der Waals surface area contributed by atoms with E-state index in [2.05, 4.69) is 73.9 Å². The summed E-state index contributed by atoms with van der Waals surface area (Å²) < 4.78 is 0. The monoisotopic (exact) mass is 526 g/mol. The number of aryl methyl sites for hydroxylation is 2. The Morgan fingerprint density at radius 3 is 2.66 bits per heavy atom. The fourth-order valence-corrected chi connectivity index (χ4v) is 5.92. The largest absolute Gasteiger partial charge is 0.349 e. The molecule has 2 N–H and O–H groups in total. The van der Waals surface area contributed by atoms with Gasteiger partial charge in [0.25, 0.3) is 5.91 Å². The molecule has 1 aromatic carbocycles. The van der Waals surface area contributed by atoms with Crippen molar-refractivity contribution in [2.24, 2.45) is 5.92 Å². The lowest BCUT2D eigenvalue weighted by Gasteiger charge is -2.33. The Balaban J connectivity index is 1.14. The van der Waals surface area contributed by atoms with Crippen molar-refractivity contribution in [2.45, 2.75) is 45.6 Å². The minimum Gasteiger partial charge on any atom is -0.349 e. The molecular formula is C30H31ClN6O. The zero-order valence-corrected chi connectivity index (χ0v) is 22.4. The van der Waals surface area contributed by atoms with Gasteiger partial charge in [0.15, 0.2) is 0 Å². The van der Waals surface area contributed by atoms with E-state index in [9.17, 15) is 4.79 Å². The van der Waals surface area contributed by atoms with E-state index in [0.717, 1.165) is 60.5 Å². The summed E-state index contributed by atoms with van der Waals surface area (Å²) in [7, 11) is 0. The van der Waals surface area contributed by atoms with Gasteiger partial charge in [-0.1, -0.05) is 30.3 Å². The Morgan fingerprint density at radius 2 is 1.87 bits per heavy atom. The fourth-order valence-electron chi connectivity index (χ4n) is 5.77. The summed E-state index contributed by atoms with van der Waals surface area (Å²) in [5.74, 6) is 1.36. The average molecular weight is 527 g/mol. The van der Waals surface area contributed by atoms with E-state index in [1.54, 1.807) is 12.3 Å². The van der Waals surface area contributed by atoms with Crippen LogP contribution in [0.2, 0.25) is 5.02 Å². The van der Waals surface area contributed by atoms with Crippen molar-refractivity contribution in [1.82, 2.24) is 20.3 Å². The summed E-state index contributed by atoms with van der Waals surface area (Å²) in [4.78, 5) is 29.5. The number of anilines is 3. The number of fused-ring (bicyclic) bond motifs is 2. The van der Waals surface area contributed by atoms with Gasteiger partial charge in [0.1, 0.15) is 11.5 Å². The van der Waals surface area contributed by atoms with Crippen LogP contribution in [0.15, 0.2) is 67.4 Å². The molecule has 4 aromatic rings. The van der Waals surface area contributed by atoms with Crippen LogP contribution in [-0.2, 0) is 0 Å². The Morgan fingerprint density at radius 1 is 1.11 bits per heavy atom. The highest BCUT2D eigenvalue weighted by atomic mass is 35.5. The number of halogens is 1. The first-order valence-corrected chi connectivity index (χ1v) is 13.5. The lowest BCUT2D eigenvalue weighted by molar-refractivity contribution is 0.0921. The SMILES string of the molecule is C=C1N(CC2CCC(NC(=O)c3cc(Cl)cnc3C)CC2)c2ccccc2N1c1cnc2[nH]cc(C)c2c1. The molecule has 0 radical (unpaired) electrons. The number of pyridine rings is 2. The number of hydrogen-bond acceptors (Lipinski definition) is 5. The van der Waals surface area contributed by atoms with Crippen LogP contribution in [0.4, 0.5) is 17.1 Å². The first-order valence-electron chi connectivity index (χ1n) is 13.1. The van der Waals surface area contributed by atoms with Gasteiger partial charge in [-0.05, 0) is 75.3 Å². The maximum absolute atomic E-state index is 12.8. The molecule has 1 aliphatic carbocycles. The van der Waals surface area contributed by atoms with E-state index in [0.29, 0.717) is 22.2 Å². The normalized spacial score (nSPS) is 19.2. The Labute approximate surface area is 227 Å². The van der Waals surface area contributed by atoms with Gasteiger partial charge in [0.2, 0.25) is 0 Å². The third kappa shape index (κ3) is 4.41. The Bertz CT molecular complexity index is 1540. The molecule has 7 nitrogen and oxygen atoms in total. The topological polar surface area (TPSA) is 77.2 Å². The van der Waals surface area contributed by atoms with Crippen molar-refractivity contribution in [2.75, 3.05) is 16.3 Å². The van der Waals surface area contributed by atoms with Crippen molar-refractivity contribution >= 4 is 45.6 Å². The van der Waals surface area contributed by atoms with Crippen molar-refractivity contribution in [3.8, 4) is 0 Å². The van der Waals surface area contributed by atoms with Gasteiger partial charge in [-0.2, -0.15) is 0 Å². The minimum atomic E-state index is -0.0957. The maximum atomic E-state index is 12.8. The van der Waals surface area contributed by atoms with Crippen LogP contribution in [0.1, 0.15) is 47.3 Å². The molecule has 0 atom stereocenters. The summed E-state index contributed by atoms with van der Waals surface area (Å²) in [6, 6.07) is 12.5. The van der Waals surface area contributed by atoms with Crippen LogP contribution >= 0.6 is 11.6 Å². The number of aromatic amines is 1. The van der Waals surface area contributed by atoms with Gasteiger partial charge in [0.05, 0.1) is 39.5 Å². The number of para-hydroxylation sites is 2. The van der Waals surface area contributed by atoms with Crippen molar-refractivity contribution < 1.29 is 4.79 Å². The molecular weight excluding hydrogens is 496 g/mol. The number of carbonyl (C=O) groups excluding carboxylic acids is 1. The summed E-state index contributed by atoms with van der Waals surface area (Å²) in [5, 5.41) is 4.80. The third-order valence-corrected chi connectivity index (χ3v) is 8.09. The summed E-state index contributed by atoms with van der Waals surface area (Å²) in [6.45, 7) is 9.33. The number of benzene rings is 1. The Kier molecular flexibility index (Phi) is 6.32. The molecule has 4 heterocycles. The molecule has 1 saturated carbocycles. The van der Waals surface area contributed by atoms with Crippen LogP contribution in [0.25, 0.3) is 11.0 Å². The highest BCUT2D eigenvalue weighted by molar-refractivity contribution is 6.30. The first-order chi connectivity index (χ1) is 18.4. The quantitative estimate of drug-likeness (QED) is 0.304. The number of amides is 1. The van der Waals surface area contributed by atoms with Crippen molar-refractivity contribution in [3.63, 3.8) is 0 Å². The first kappa shape index (κ1) is 24.5. The van der Waals surface area contributed by atoms with E-state index >= 15 is 0 Å². The van der Waals surface area contributed by atoms with Gasteiger partial charge < -0.3 is 15.2 Å². The second kappa shape index (κ2) is 9.80. The molecule has 1 amide bonds. The highest BCUT2D eigenvalue weighted by Crippen LogP contribution is 2.46. The van der Waals surface area contributed by atoms with Gasteiger partial charge in [-0.3, -0.25) is 14.7 Å². The van der Waals surface area contributed by atoms with Gasteiger partial charge in [-0.25, -0.2) is 4.98 Å². The second-order valence-electron chi connectivity index (χ2n) is 10.4. The van der Waals surface area contributed by atoms with E-state index in [-0.39, 0.29) is 11.9 Å². The van der Waals surface area contributed by atoms with Crippen LogP contribution in [-0.4, -0.2) is 33.4 Å². The summed E-state index contributed by atoms with van der Waals surface area (Å²) in [5.41, 5.74) is 6.62.